The van der Waals surface area contributed by atoms with E-state index >= 15 is 0 Å². The Bertz CT molecular complexity index is 1780. The maximum absolute atomic E-state index is 12.7. The molecule has 0 saturated heterocycles. The second-order valence-corrected chi connectivity index (χ2v) is 9.78. The van der Waals surface area contributed by atoms with Crippen LogP contribution in [0.5, 0.6) is 5.75 Å². The van der Waals surface area contributed by atoms with E-state index in [0.29, 0.717) is 41.4 Å². The Morgan fingerprint density at radius 2 is 1.44 bits per heavy atom. The lowest BCUT2D eigenvalue weighted by molar-refractivity contribution is -0.274. The normalized spacial score (nSPS) is 11.4. The van der Waals surface area contributed by atoms with E-state index in [0.717, 1.165) is 16.8 Å². The first-order valence-electron chi connectivity index (χ1n) is 13.4. The Morgan fingerprint density at radius 3 is 2.05 bits per heavy atom. The van der Waals surface area contributed by atoms with E-state index < -0.39 is 6.36 Å². The molecule has 0 unspecified atom stereocenters. The molecule has 0 aliphatic heterocycles. The first-order chi connectivity index (χ1) is 20.8. The van der Waals surface area contributed by atoms with Gasteiger partial charge in [-0.15, -0.1) is 13.2 Å². The van der Waals surface area contributed by atoms with Crippen LogP contribution in [0.25, 0.3) is 16.9 Å². The topological polar surface area (TPSA) is 94.1 Å². The molecule has 0 amide bonds. The quantitative estimate of drug-likeness (QED) is 0.174. The van der Waals surface area contributed by atoms with Crippen LogP contribution >= 0.6 is 0 Å². The number of ether oxygens (including phenoxy) is 1. The van der Waals surface area contributed by atoms with Crippen LogP contribution in [-0.2, 0) is 13.1 Å². The predicted molar refractivity (Wildman–Crippen MR) is 160 cm³/mol. The average Bonchev–Trinajstić information content (AvgIpc) is 3.42. The molecule has 0 fully saturated rings. The number of benzene rings is 4. The number of fused-ring (bicyclic) bond motifs is 1. The highest BCUT2D eigenvalue weighted by atomic mass is 19.4. The zero-order chi connectivity index (χ0) is 29.8. The summed E-state index contributed by atoms with van der Waals surface area (Å²) in [6.07, 6.45) is -3.11. The molecule has 8 nitrogen and oxygen atoms in total. The van der Waals surface area contributed by atoms with Gasteiger partial charge in [0.2, 0.25) is 5.95 Å². The van der Waals surface area contributed by atoms with E-state index in [2.05, 4.69) is 15.0 Å². The number of nitrogens with one attached hydrogen (secondary N) is 1. The highest BCUT2D eigenvalue weighted by Crippen LogP contribution is 2.31. The van der Waals surface area contributed by atoms with Crippen LogP contribution in [0.15, 0.2) is 116 Å². The Morgan fingerprint density at radius 1 is 0.791 bits per heavy atom. The summed E-state index contributed by atoms with van der Waals surface area (Å²) in [7, 11) is 0. The molecule has 0 aliphatic rings. The van der Waals surface area contributed by atoms with Crippen LogP contribution in [-0.4, -0.2) is 25.9 Å². The van der Waals surface area contributed by atoms with Crippen molar-refractivity contribution in [3.63, 3.8) is 0 Å². The van der Waals surface area contributed by atoms with Gasteiger partial charge in [0.1, 0.15) is 12.1 Å². The second-order valence-electron chi connectivity index (χ2n) is 9.78. The van der Waals surface area contributed by atoms with Crippen LogP contribution in [0, 0.1) is 0 Å². The van der Waals surface area contributed by atoms with Crippen molar-refractivity contribution in [2.45, 2.75) is 19.5 Å². The molecule has 0 aliphatic carbocycles. The lowest BCUT2D eigenvalue weighted by Crippen LogP contribution is -2.24. The SMILES string of the molecule is Nc1cccc(-n2cnc3c(N(Cc4ccccc4)Cc4ccccc4)nc(Nc4ccc(OC(F)(F)F)cc4)nc32)c1. The van der Waals surface area contributed by atoms with E-state index in [9.17, 15) is 13.2 Å². The van der Waals surface area contributed by atoms with Crippen molar-refractivity contribution in [2.24, 2.45) is 0 Å². The standard InChI is InChI=1S/C32H26F3N7O/c33-32(34,35)43-27-16-14-25(15-17-27)38-31-39-29(28-30(40-31)42(21-37-28)26-13-7-12-24(36)18-26)41(19-22-8-3-1-4-9-22)20-23-10-5-2-6-11-23/h1-18,21H,19-20,36H2,(H,38,39,40). The van der Waals surface area contributed by atoms with Gasteiger partial charge >= 0.3 is 6.36 Å². The van der Waals surface area contributed by atoms with Gasteiger partial charge in [0.05, 0.1) is 5.69 Å². The number of imidazole rings is 1. The number of nitrogens with zero attached hydrogens (tertiary/aromatic N) is 5. The molecule has 0 saturated carbocycles. The zero-order valence-electron chi connectivity index (χ0n) is 22.7. The number of hydrogen-bond donors (Lipinski definition) is 2. The lowest BCUT2D eigenvalue weighted by Gasteiger charge is -2.25. The van der Waals surface area contributed by atoms with Crippen molar-refractivity contribution in [1.82, 2.24) is 19.5 Å². The van der Waals surface area contributed by atoms with Gasteiger partial charge in [-0.25, -0.2) is 4.98 Å². The van der Waals surface area contributed by atoms with E-state index in [1.54, 1.807) is 12.4 Å². The highest BCUT2D eigenvalue weighted by molar-refractivity contribution is 5.86. The molecule has 2 aromatic heterocycles. The number of hydrogen-bond acceptors (Lipinski definition) is 7. The van der Waals surface area contributed by atoms with Crippen LogP contribution in [0.3, 0.4) is 0 Å². The molecule has 0 bridgehead atoms. The maximum atomic E-state index is 12.7. The minimum Gasteiger partial charge on any atom is -0.406 e. The summed E-state index contributed by atoms with van der Waals surface area (Å²) in [6, 6.07) is 32.8. The van der Waals surface area contributed by atoms with Crippen molar-refractivity contribution >= 4 is 34.3 Å². The maximum Gasteiger partial charge on any atom is 0.573 e. The summed E-state index contributed by atoms with van der Waals surface area (Å²) in [5, 5.41) is 3.14. The van der Waals surface area contributed by atoms with Gasteiger partial charge in [0.25, 0.3) is 0 Å². The summed E-state index contributed by atoms with van der Waals surface area (Å²) < 4.78 is 43.8. The second kappa shape index (κ2) is 11.7. The number of rotatable bonds is 9. The zero-order valence-corrected chi connectivity index (χ0v) is 22.7. The number of aromatic nitrogens is 4. The molecule has 2 heterocycles. The summed E-state index contributed by atoms with van der Waals surface area (Å²) in [5.74, 6) is 0.496. The average molecular weight is 582 g/mol. The van der Waals surface area contributed by atoms with Gasteiger partial charge in [0.15, 0.2) is 17.0 Å². The third-order valence-electron chi connectivity index (χ3n) is 6.60. The summed E-state index contributed by atoms with van der Waals surface area (Å²) in [4.78, 5) is 16.5. The Hall–Kier alpha value is -5.58. The van der Waals surface area contributed by atoms with Gasteiger partial charge in [0, 0.05) is 24.5 Å². The fourth-order valence-electron chi connectivity index (χ4n) is 4.71. The van der Waals surface area contributed by atoms with Crippen LogP contribution < -0.4 is 20.7 Å². The number of nitrogens with two attached hydrogens (primary N) is 1. The molecule has 216 valence electrons. The number of anilines is 4. The van der Waals surface area contributed by atoms with E-state index in [4.69, 9.17) is 20.7 Å². The molecule has 6 rings (SSSR count). The summed E-state index contributed by atoms with van der Waals surface area (Å²) in [6.45, 7) is 1.08. The first-order valence-corrected chi connectivity index (χ1v) is 13.4. The molecule has 0 atom stereocenters. The van der Waals surface area contributed by atoms with Crippen molar-refractivity contribution in [1.29, 1.82) is 0 Å². The number of alkyl halides is 3. The van der Waals surface area contributed by atoms with Crippen LogP contribution in [0.1, 0.15) is 11.1 Å². The molecule has 0 spiro atoms. The third-order valence-corrected chi connectivity index (χ3v) is 6.60. The van der Waals surface area contributed by atoms with E-state index in [-0.39, 0.29) is 11.7 Å². The highest BCUT2D eigenvalue weighted by Gasteiger charge is 2.31. The molecule has 43 heavy (non-hydrogen) atoms. The van der Waals surface area contributed by atoms with Gasteiger partial charge in [-0.3, -0.25) is 4.57 Å². The van der Waals surface area contributed by atoms with Crippen molar-refractivity contribution in [3.05, 3.63) is 127 Å². The van der Waals surface area contributed by atoms with E-state index in [1.165, 1.54) is 24.3 Å². The van der Waals surface area contributed by atoms with Crippen molar-refractivity contribution in [2.75, 3.05) is 16.0 Å². The Labute approximate surface area is 245 Å². The number of nitrogen functional groups attached to an aromatic ring is 1. The van der Waals surface area contributed by atoms with Gasteiger partial charge in [-0.1, -0.05) is 66.7 Å². The predicted octanol–water partition coefficient (Wildman–Crippen LogP) is 7.25. The Balaban J connectivity index is 1.45. The number of halogens is 3. The first kappa shape index (κ1) is 27.6. The minimum absolute atomic E-state index is 0.240. The van der Waals surface area contributed by atoms with E-state index in [1.807, 2.05) is 83.4 Å². The van der Waals surface area contributed by atoms with Crippen molar-refractivity contribution in [3.8, 4) is 11.4 Å². The Kier molecular flexibility index (Phi) is 7.52. The van der Waals surface area contributed by atoms with Crippen molar-refractivity contribution < 1.29 is 17.9 Å². The largest absolute Gasteiger partial charge is 0.573 e. The summed E-state index contributed by atoms with van der Waals surface area (Å²) in [5.41, 5.74) is 11.2. The molecular formula is C32H26F3N7O. The molecule has 6 aromatic rings. The molecular weight excluding hydrogens is 555 g/mol. The lowest BCUT2D eigenvalue weighted by atomic mass is 10.1. The molecule has 0 radical (unpaired) electrons. The summed E-state index contributed by atoms with van der Waals surface area (Å²) >= 11 is 0. The molecule has 3 N–H and O–H groups in total. The smallest absolute Gasteiger partial charge is 0.406 e. The van der Waals surface area contributed by atoms with Gasteiger partial charge < -0.3 is 20.7 Å². The van der Waals surface area contributed by atoms with Crippen LogP contribution in [0.2, 0.25) is 0 Å². The fraction of sp³-hybridized carbons (Fsp3) is 0.0938. The minimum atomic E-state index is -4.78. The van der Waals surface area contributed by atoms with Gasteiger partial charge in [-0.05, 0) is 53.6 Å². The van der Waals surface area contributed by atoms with Crippen LogP contribution in [0.4, 0.5) is 36.3 Å². The fourth-order valence-corrected chi connectivity index (χ4v) is 4.71. The molecule has 4 aromatic carbocycles. The third kappa shape index (κ3) is 6.67. The molecule has 11 heteroatoms. The monoisotopic (exact) mass is 581 g/mol. The van der Waals surface area contributed by atoms with Gasteiger partial charge in [-0.2, -0.15) is 9.97 Å².